The molecular formula is C17H28N2. The van der Waals surface area contributed by atoms with Crippen LogP contribution in [0.4, 0.5) is 5.69 Å². The fraction of sp³-hybridized carbons (Fsp3) is 0.647. The van der Waals surface area contributed by atoms with Crippen molar-refractivity contribution in [1.82, 2.24) is 0 Å². The zero-order valence-electron chi connectivity index (χ0n) is 12.6. The van der Waals surface area contributed by atoms with E-state index in [-0.39, 0.29) is 6.04 Å². The average Bonchev–Trinajstić information content (AvgIpc) is 2.46. The lowest BCUT2D eigenvalue weighted by molar-refractivity contribution is 0.313. The van der Waals surface area contributed by atoms with Crippen molar-refractivity contribution in [2.45, 2.75) is 58.0 Å². The van der Waals surface area contributed by atoms with Gasteiger partial charge in [0.25, 0.3) is 0 Å². The van der Waals surface area contributed by atoms with E-state index in [1.165, 1.54) is 43.4 Å². The Morgan fingerprint density at radius 3 is 2.42 bits per heavy atom. The number of hydrogen-bond acceptors (Lipinski definition) is 2. The van der Waals surface area contributed by atoms with Crippen LogP contribution in [-0.2, 0) is 0 Å². The molecule has 1 unspecified atom stereocenters. The molecule has 106 valence electrons. The van der Waals surface area contributed by atoms with Crippen LogP contribution in [0.1, 0.15) is 57.6 Å². The summed E-state index contributed by atoms with van der Waals surface area (Å²) in [7, 11) is 2.23. The van der Waals surface area contributed by atoms with E-state index in [4.69, 9.17) is 5.73 Å². The van der Waals surface area contributed by atoms with E-state index in [0.29, 0.717) is 6.04 Å². The van der Waals surface area contributed by atoms with Gasteiger partial charge in [0.1, 0.15) is 0 Å². The van der Waals surface area contributed by atoms with E-state index in [1.807, 2.05) is 0 Å². The second kappa shape index (κ2) is 6.42. The molecule has 0 heterocycles. The van der Waals surface area contributed by atoms with Crippen molar-refractivity contribution in [2.75, 3.05) is 11.9 Å². The van der Waals surface area contributed by atoms with Crippen LogP contribution in [0.5, 0.6) is 0 Å². The summed E-state index contributed by atoms with van der Waals surface area (Å²) in [5.41, 5.74) is 8.68. The fourth-order valence-electron chi connectivity index (χ4n) is 3.33. The molecule has 1 aliphatic carbocycles. The average molecular weight is 260 g/mol. The zero-order chi connectivity index (χ0) is 13.8. The molecule has 19 heavy (non-hydrogen) atoms. The smallest absolute Gasteiger partial charge is 0.0414 e. The first kappa shape index (κ1) is 14.4. The molecular weight excluding hydrogens is 232 g/mol. The highest BCUT2D eigenvalue weighted by Crippen LogP contribution is 2.33. The normalized spacial score (nSPS) is 25.1. The van der Waals surface area contributed by atoms with Gasteiger partial charge in [-0.25, -0.2) is 0 Å². The highest BCUT2D eigenvalue weighted by Gasteiger charge is 2.24. The van der Waals surface area contributed by atoms with Gasteiger partial charge in [-0.1, -0.05) is 31.5 Å². The number of nitrogens with two attached hydrogens (primary N) is 1. The molecule has 1 atom stereocenters. The molecule has 2 nitrogen and oxygen atoms in total. The molecule has 2 heteroatoms. The minimum atomic E-state index is 0.102. The van der Waals surface area contributed by atoms with Crippen LogP contribution in [-0.4, -0.2) is 13.1 Å². The van der Waals surface area contributed by atoms with Gasteiger partial charge in [-0.3, -0.25) is 0 Å². The minimum Gasteiger partial charge on any atom is -0.371 e. The number of para-hydroxylation sites is 1. The van der Waals surface area contributed by atoms with Crippen molar-refractivity contribution < 1.29 is 0 Å². The monoisotopic (exact) mass is 260 g/mol. The van der Waals surface area contributed by atoms with Gasteiger partial charge in [0.2, 0.25) is 0 Å². The second-order valence-corrected chi connectivity index (χ2v) is 6.04. The van der Waals surface area contributed by atoms with Crippen LogP contribution in [0.2, 0.25) is 0 Å². The van der Waals surface area contributed by atoms with Crippen molar-refractivity contribution in [3.8, 4) is 0 Å². The topological polar surface area (TPSA) is 29.3 Å². The molecule has 0 aromatic heterocycles. The van der Waals surface area contributed by atoms with Crippen LogP contribution in [0.3, 0.4) is 0 Å². The van der Waals surface area contributed by atoms with Gasteiger partial charge in [-0.05, 0) is 50.2 Å². The maximum atomic E-state index is 6.10. The summed E-state index contributed by atoms with van der Waals surface area (Å²) < 4.78 is 0. The lowest BCUT2D eigenvalue weighted by Crippen LogP contribution is -2.36. The second-order valence-electron chi connectivity index (χ2n) is 6.04. The van der Waals surface area contributed by atoms with Gasteiger partial charge in [-0.15, -0.1) is 0 Å². The standard InChI is InChI=1S/C17H28N2/c1-4-14-9-11-15(12-10-14)19(3)17-8-6-5-7-16(17)13(2)18/h5-8,13-15H,4,9-12,18H2,1-3H3. The van der Waals surface area contributed by atoms with Gasteiger partial charge in [0.05, 0.1) is 0 Å². The third-order valence-corrected chi connectivity index (χ3v) is 4.75. The van der Waals surface area contributed by atoms with Crippen molar-refractivity contribution in [3.05, 3.63) is 29.8 Å². The predicted octanol–water partition coefficient (Wildman–Crippen LogP) is 4.11. The maximum Gasteiger partial charge on any atom is 0.0414 e. The summed E-state index contributed by atoms with van der Waals surface area (Å²) in [6.45, 7) is 4.39. The number of anilines is 1. The Hall–Kier alpha value is -1.02. The first-order chi connectivity index (χ1) is 9.13. The summed E-state index contributed by atoms with van der Waals surface area (Å²) in [6, 6.07) is 9.37. The van der Waals surface area contributed by atoms with Gasteiger partial charge in [0, 0.05) is 24.8 Å². The summed E-state index contributed by atoms with van der Waals surface area (Å²) in [6.07, 6.45) is 6.75. The molecule has 1 fully saturated rings. The maximum absolute atomic E-state index is 6.10. The van der Waals surface area contributed by atoms with Gasteiger partial charge < -0.3 is 10.6 Å². The SMILES string of the molecule is CCC1CCC(N(C)c2ccccc2C(C)N)CC1. The molecule has 0 spiro atoms. The number of nitrogens with zero attached hydrogens (tertiary/aromatic N) is 1. The Kier molecular flexibility index (Phi) is 4.87. The summed E-state index contributed by atoms with van der Waals surface area (Å²) >= 11 is 0. The van der Waals surface area contributed by atoms with Crippen LogP contribution < -0.4 is 10.6 Å². The molecule has 0 amide bonds. The lowest BCUT2D eigenvalue weighted by Gasteiger charge is -2.37. The number of benzene rings is 1. The van der Waals surface area contributed by atoms with Crippen LogP contribution in [0.25, 0.3) is 0 Å². The Morgan fingerprint density at radius 2 is 1.84 bits per heavy atom. The van der Waals surface area contributed by atoms with Gasteiger partial charge in [0.15, 0.2) is 0 Å². The Balaban J connectivity index is 2.10. The van der Waals surface area contributed by atoms with Crippen LogP contribution >= 0.6 is 0 Å². The van der Waals surface area contributed by atoms with E-state index in [0.717, 1.165) is 5.92 Å². The summed E-state index contributed by atoms with van der Waals surface area (Å²) in [4.78, 5) is 2.46. The quantitative estimate of drug-likeness (QED) is 0.882. The molecule has 0 saturated heterocycles. The first-order valence-corrected chi connectivity index (χ1v) is 7.70. The zero-order valence-corrected chi connectivity index (χ0v) is 12.6. The lowest BCUT2D eigenvalue weighted by atomic mass is 9.84. The van der Waals surface area contributed by atoms with Crippen LogP contribution in [0, 0.1) is 5.92 Å². The Labute approximate surface area is 118 Å². The molecule has 2 rings (SSSR count). The molecule has 1 saturated carbocycles. The molecule has 0 radical (unpaired) electrons. The molecule has 1 aromatic carbocycles. The third-order valence-electron chi connectivity index (χ3n) is 4.75. The van der Waals surface area contributed by atoms with Crippen molar-refractivity contribution in [3.63, 3.8) is 0 Å². The van der Waals surface area contributed by atoms with Crippen molar-refractivity contribution >= 4 is 5.69 Å². The highest BCUT2D eigenvalue weighted by molar-refractivity contribution is 5.55. The molecule has 1 aliphatic rings. The van der Waals surface area contributed by atoms with E-state index >= 15 is 0 Å². The molecule has 0 aliphatic heterocycles. The number of rotatable bonds is 4. The fourth-order valence-corrected chi connectivity index (χ4v) is 3.33. The molecule has 1 aromatic rings. The molecule has 2 N–H and O–H groups in total. The van der Waals surface area contributed by atoms with Crippen LogP contribution in [0.15, 0.2) is 24.3 Å². The van der Waals surface area contributed by atoms with Gasteiger partial charge >= 0.3 is 0 Å². The predicted molar refractivity (Wildman–Crippen MR) is 83.5 cm³/mol. The summed E-state index contributed by atoms with van der Waals surface area (Å²) in [5, 5.41) is 0. The van der Waals surface area contributed by atoms with Crippen molar-refractivity contribution in [1.29, 1.82) is 0 Å². The van der Waals surface area contributed by atoms with E-state index in [1.54, 1.807) is 0 Å². The highest BCUT2D eigenvalue weighted by atomic mass is 15.1. The van der Waals surface area contributed by atoms with E-state index in [9.17, 15) is 0 Å². The largest absolute Gasteiger partial charge is 0.371 e. The Bertz CT molecular complexity index is 392. The first-order valence-electron chi connectivity index (χ1n) is 7.70. The van der Waals surface area contributed by atoms with Crippen molar-refractivity contribution in [2.24, 2.45) is 11.7 Å². The van der Waals surface area contributed by atoms with Gasteiger partial charge in [-0.2, -0.15) is 0 Å². The number of hydrogen-bond donors (Lipinski definition) is 1. The molecule has 0 bridgehead atoms. The Morgan fingerprint density at radius 1 is 1.21 bits per heavy atom. The minimum absolute atomic E-state index is 0.102. The summed E-state index contributed by atoms with van der Waals surface area (Å²) in [5.74, 6) is 0.952. The van der Waals surface area contributed by atoms with E-state index < -0.39 is 0 Å². The third kappa shape index (κ3) is 3.30. The van der Waals surface area contributed by atoms with E-state index in [2.05, 4.69) is 50.1 Å².